The Balaban J connectivity index is 1.62. The molecule has 3 aromatic rings. The van der Waals surface area contributed by atoms with Crippen LogP contribution in [0.25, 0.3) is 11.0 Å². The van der Waals surface area contributed by atoms with E-state index in [2.05, 4.69) is 9.30 Å². The fourth-order valence-corrected chi connectivity index (χ4v) is 6.61. The van der Waals surface area contributed by atoms with E-state index in [0.29, 0.717) is 30.9 Å². The topological polar surface area (TPSA) is 73.7 Å². The highest BCUT2D eigenvalue weighted by Crippen LogP contribution is 2.31. The Morgan fingerprint density at radius 1 is 1.20 bits per heavy atom. The van der Waals surface area contributed by atoms with E-state index in [9.17, 15) is 17.2 Å². The first-order chi connectivity index (χ1) is 16.8. The van der Waals surface area contributed by atoms with Crippen LogP contribution < -0.4 is 4.74 Å². The van der Waals surface area contributed by atoms with Crippen molar-refractivity contribution in [2.24, 2.45) is 0 Å². The highest BCUT2D eigenvalue weighted by Gasteiger charge is 2.24. The fourth-order valence-electron chi connectivity index (χ4n) is 4.15. The number of ether oxygens (including phenoxy) is 2. The molecule has 35 heavy (non-hydrogen) atoms. The van der Waals surface area contributed by atoms with Gasteiger partial charge in [-0.25, -0.2) is 13.4 Å². The summed E-state index contributed by atoms with van der Waals surface area (Å²) < 4.78 is 64.6. The van der Waals surface area contributed by atoms with E-state index in [1.807, 2.05) is 19.9 Å². The molecule has 190 valence electrons. The minimum atomic E-state index is -3.60. The summed E-state index contributed by atoms with van der Waals surface area (Å²) in [6.07, 6.45) is 2.06. The molecule has 0 radical (unpaired) electrons. The molecule has 1 aliphatic rings. The molecule has 0 N–H and O–H groups in total. The summed E-state index contributed by atoms with van der Waals surface area (Å²) in [5.41, 5.74) is 2.39. The molecule has 1 atom stereocenters. The van der Waals surface area contributed by atoms with Gasteiger partial charge >= 0.3 is 6.61 Å². The minimum Gasteiger partial charge on any atom is -0.435 e. The summed E-state index contributed by atoms with van der Waals surface area (Å²) in [6.45, 7) is 2.93. The smallest absolute Gasteiger partial charge is 0.387 e. The van der Waals surface area contributed by atoms with Gasteiger partial charge in [0.25, 0.3) is 0 Å². The number of thioether (sulfide) groups is 1. The van der Waals surface area contributed by atoms with Gasteiger partial charge < -0.3 is 14.0 Å². The van der Waals surface area contributed by atoms with Crippen molar-refractivity contribution >= 4 is 32.8 Å². The Kier molecular flexibility index (Phi) is 8.31. The predicted octanol–water partition coefficient (Wildman–Crippen LogP) is 5.14. The van der Waals surface area contributed by atoms with Crippen LogP contribution >= 0.6 is 11.8 Å². The Bertz CT molecular complexity index is 1240. The van der Waals surface area contributed by atoms with Gasteiger partial charge in [0.05, 0.1) is 28.6 Å². The third-order valence-electron chi connectivity index (χ3n) is 5.95. The van der Waals surface area contributed by atoms with Crippen molar-refractivity contribution in [2.75, 3.05) is 19.7 Å². The number of aromatic nitrogens is 2. The Morgan fingerprint density at radius 3 is 2.57 bits per heavy atom. The van der Waals surface area contributed by atoms with Crippen molar-refractivity contribution in [1.82, 2.24) is 13.9 Å². The van der Waals surface area contributed by atoms with Crippen LogP contribution in [0.5, 0.6) is 5.75 Å². The number of hydrogen-bond acceptors (Lipinski definition) is 6. The number of imidazole rings is 1. The van der Waals surface area contributed by atoms with Crippen molar-refractivity contribution in [3.8, 4) is 5.75 Å². The lowest BCUT2D eigenvalue weighted by Gasteiger charge is -2.18. The van der Waals surface area contributed by atoms with Crippen molar-refractivity contribution in [2.45, 2.75) is 61.8 Å². The summed E-state index contributed by atoms with van der Waals surface area (Å²) in [7, 11) is -3.60. The average molecular weight is 526 g/mol. The Hall–Kier alpha value is -2.21. The van der Waals surface area contributed by atoms with Crippen molar-refractivity contribution < 1.29 is 26.7 Å². The molecule has 0 aliphatic carbocycles. The van der Waals surface area contributed by atoms with Crippen LogP contribution in [-0.2, 0) is 27.1 Å². The molecular weight excluding hydrogens is 496 g/mol. The molecule has 11 heteroatoms. The molecule has 2 heterocycles. The predicted molar refractivity (Wildman–Crippen MR) is 131 cm³/mol. The molecule has 0 saturated carbocycles. The second-order valence-corrected chi connectivity index (χ2v) is 11.1. The average Bonchev–Trinajstić information content (AvgIpc) is 3.47. The molecule has 1 saturated heterocycles. The van der Waals surface area contributed by atoms with Crippen LogP contribution in [0.4, 0.5) is 8.78 Å². The molecule has 0 bridgehead atoms. The summed E-state index contributed by atoms with van der Waals surface area (Å²) in [4.78, 5) is 5.00. The van der Waals surface area contributed by atoms with Gasteiger partial charge in [0, 0.05) is 25.4 Å². The highest BCUT2D eigenvalue weighted by atomic mass is 32.2. The van der Waals surface area contributed by atoms with Crippen molar-refractivity contribution in [3.63, 3.8) is 0 Å². The number of nitrogens with zero attached hydrogens (tertiary/aromatic N) is 3. The maximum atomic E-state index is 13.0. The highest BCUT2D eigenvalue weighted by molar-refractivity contribution is 7.98. The SMILES string of the molecule is CCN(CC)S(=O)(=O)c1ccc2c(c1)nc(SCc1ccc(OC(F)F)cc1)n2CC1CCCO1. The monoisotopic (exact) mass is 525 g/mol. The van der Waals surface area contributed by atoms with Gasteiger partial charge in [-0.2, -0.15) is 13.1 Å². The Morgan fingerprint density at radius 2 is 1.94 bits per heavy atom. The molecule has 1 fully saturated rings. The van der Waals surface area contributed by atoms with Crippen molar-refractivity contribution in [3.05, 3.63) is 48.0 Å². The molecule has 2 aromatic carbocycles. The summed E-state index contributed by atoms with van der Waals surface area (Å²) in [5, 5.41) is 0.751. The fraction of sp³-hybridized carbons (Fsp3) is 0.458. The number of halogens is 2. The number of hydrogen-bond donors (Lipinski definition) is 0. The zero-order chi connectivity index (χ0) is 25.0. The van der Waals surface area contributed by atoms with E-state index in [4.69, 9.17) is 9.72 Å². The third kappa shape index (κ3) is 5.96. The van der Waals surface area contributed by atoms with E-state index in [0.717, 1.165) is 35.7 Å². The van der Waals surface area contributed by atoms with E-state index in [1.165, 1.54) is 28.2 Å². The van der Waals surface area contributed by atoms with E-state index in [-0.39, 0.29) is 16.7 Å². The Labute approximate surface area is 208 Å². The normalized spacial score (nSPS) is 16.6. The molecule has 4 rings (SSSR count). The van der Waals surface area contributed by atoms with Crippen molar-refractivity contribution in [1.29, 1.82) is 0 Å². The van der Waals surface area contributed by atoms with Gasteiger partial charge in [0.1, 0.15) is 5.75 Å². The quantitative estimate of drug-likeness (QED) is 0.323. The van der Waals surface area contributed by atoms with Gasteiger partial charge in [-0.05, 0) is 48.7 Å². The van der Waals surface area contributed by atoms with Crippen LogP contribution in [0.1, 0.15) is 32.3 Å². The van der Waals surface area contributed by atoms with E-state index >= 15 is 0 Å². The second-order valence-electron chi connectivity index (χ2n) is 8.19. The first-order valence-electron chi connectivity index (χ1n) is 11.6. The van der Waals surface area contributed by atoms with Gasteiger partial charge in [0.2, 0.25) is 10.0 Å². The van der Waals surface area contributed by atoms with Gasteiger partial charge in [-0.3, -0.25) is 0 Å². The van der Waals surface area contributed by atoms with Gasteiger partial charge in [0.15, 0.2) is 5.16 Å². The standard InChI is InChI=1S/C24H29F2N3O4S2/c1-3-28(4-2)35(30,31)20-11-12-22-21(14-20)27-24(29(22)15-19-6-5-13-32-19)34-16-17-7-9-18(10-8-17)33-23(25)26/h7-12,14,19,23H,3-6,13,15-16H2,1-2H3. The van der Waals surface area contributed by atoms with Crippen LogP contribution in [0.15, 0.2) is 52.5 Å². The molecule has 7 nitrogen and oxygen atoms in total. The lowest BCUT2D eigenvalue weighted by atomic mass is 10.2. The molecule has 0 spiro atoms. The molecule has 1 aromatic heterocycles. The number of fused-ring (bicyclic) bond motifs is 1. The van der Waals surface area contributed by atoms with Gasteiger partial charge in [-0.1, -0.05) is 37.7 Å². The lowest BCUT2D eigenvalue weighted by molar-refractivity contribution is -0.0498. The third-order valence-corrected chi connectivity index (χ3v) is 9.05. The number of benzene rings is 2. The van der Waals surface area contributed by atoms with Crippen LogP contribution in [0.3, 0.4) is 0 Å². The lowest BCUT2D eigenvalue weighted by Crippen LogP contribution is -2.30. The molecule has 1 unspecified atom stereocenters. The number of alkyl halides is 2. The summed E-state index contributed by atoms with van der Waals surface area (Å²) >= 11 is 1.51. The molecule has 0 amide bonds. The number of sulfonamides is 1. The second kappa shape index (κ2) is 11.2. The maximum absolute atomic E-state index is 13.0. The number of rotatable bonds is 11. The van der Waals surface area contributed by atoms with Crippen LogP contribution in [-0.4, -0.2) is 54.7 Å². The zero-order valence-electron chi connectivity index (χ0n) is 19.7. The minimum absolute atomic E-state index is 0.0802. The first kappa shape index (κ1) is 25.9. The maximum Gasteiger partial charge on any atom is 0.387 e. The van der Waals surface area contributed by atoms with Crippen LogP contribution in [0, 0.1) is 0 Å². The van der Waals surface area contributed by atoms with Crippen LogP contribution in [0.2, 0.25) is 0 Å². The zero-order valence-corrected chi connectivity index (χ0v) is 21.3. The first-order valence-corrected chi connectivity index (χ1v) is 14.0. The van der Waals surface area contributed by atoms with E-state index < -0.39 is 16.6 Å². The summed E-state index contributed by atoms with van der Waals surface area (Å²) in [6, 6.07) is 11.6. The van der Waals surface area contributed by atoms with E-state index in [1.54, 1.807) is 24.3 Å². The molecule has 1 aliphatic heterocycles. The summed E-state index contributed by atoms with van der Waals surface area (Å²) in [5.74, 6) is 0.676. The molecular formula is C24H29F2N3O4S2. The van der Waals surface area contributed by atoms with Gasteiger partial charge in [-0.15, -0.1) is 0 Å². The largest absolute Gasteiger partial charge is 0.435 e.